The average molecular weight is 870 g/mol. The predicted molar refractivity (Wildman–Crippen MR) is 226 cm³/mol. The monoisotopic (exact) mass is 866 g/mol. The van der Waals surface area contributed by atoms with Gasteiger partial charge in [-0.3, -0.25) is 0 Å². The molecule has 0 amide bonds. The highest BCUT2D eigenvalue weighted by Gasteiger charge is 2.42. The van der Waals surface area contributed by atoms with Crippen LogP contribution in [-0.2, 0) is 10.8 Å². The Bertz CT molecular complexity index is 2220. The predicted octanol–water partition coefficient (Wildman–Crippen LogP) is 15.1. The van der Waals surface area contributed by atoms with Crippen molar-refractivity contribution in [3.63, 3.8) is 0 Å². The van der Waals surface area contributed by atoms with Gasteiger partial charge in [0.2, 0.25) is 0 Å². The molecular weight excluding hydrogens is 844 g/mol. The van der Waals surface area contributed by atoms with E-state index < -0.39 is 10.8 Å². The Morgan fingerprint density at radius 1 is 0.241 bits per heavy atom. The van der Waals surface area contributed by atoms with Crippen molar-refractivity contribution in [2.45, 2.75) is 10.8 Å². The van der Waals surface area contributed by atoms with E-state index in [-0.39, 0.29) is 11.5 Å². The standard InChI is InChI=1S/C44H26Cl8O2/c45-35-17-9-29(21-39(35)49)43(27-5-13-33(53)14-6-27,30-10-18-36(46)40(50)22-30)25-1-2-26(4-3-25)44(28-7-15-34(54)16-8-28,31-11-19-37(47)41(51)23-31)32-12-20-38(48)42(52)24-32/h1-24,53-54H. The summed E-state index contributed by atoms with van der Waals surface area (Å²) < 4.78 is 0. The summed E-state index contributed by atoms with van der Waals surface area (Å²) in [6.07, 6.45) is 0. The third-order valence-corrected chi connectivity index (χ3v) is 12.7. The Labute approximate surface area is 353 Å². The van der Waals surface area contributed by atoms with Gasteiger partial charge in [-0.05, 0) is 117 Å². The molecule has 0 fully saturated rings. The molecule has 0 spiro atoms. The number of phenolic OH excluding ortho intramolecular Hbond substituents is 2. The zero-order valence-electron chi connectivity index (χ0n) is 27.8. The summed E-state index contributed by atoms with van der Waals surface area (Å²) in [6.45, 7) is 0. The molecule has 0 bridgehead atoms. The molecule has 0 aromatic heterocycles. The molecule has 7 aromatic carbocycles. The lowest BCUT2D eigenvalue weighted by Crippen LogP contribution is -2.33. The summed E-state index contributed by atoms with van der Waals surface area (Å²) in [5, 5.41) is 23.8. The molecule has 0 atom stereocenters. The lowest BCUT2D eigenvalue weighted by molar-refractivity contribution is 0.474. The van der Waals surface area contributed by atoms with Gasteiger partial charge in [0.05, 0.1) is 51.0 Å². The fourth-order valence-corrected chi connectivity index (χ4v) is 8.50. The molecule has 270 valence electrons. The van der Waals surface area contributed by atoms with Crippen LogP contribution in [0.5, 0.6) is 11.5 Å². The molecule has 7 aromatic rings. The quantitative estimate of drug-likeness (QED) is 0.149. The molecule has 2 N–H and O–H groups in total. The average Bonchev–Trinajstić information content (AvgIpc) is 3.16. The van der Waals surface area contributed by atoms with Crippen LogP contribution in [0.15, 0.2) is 146 Å². The first-order valence-corrected chi connectivity index (χ1v) is 19.4. The lowest BCUT2D eigenvalue weighted by atomic mass is 9.63. The maximum atomic E-state index is 10.4. The second kappa shape index (κ2) is 15.5. The number of hydrogen-bond donors (Lipinski definition) is 2. The van der Waals surface area contributed by atoms with Gasteiger partial charge in [0.25, 0.3) is 0 Å². The largest absolute Gasteiger partial charge is 0.508 e. The van der Waals surface area contributed by atoms with Crippen LogP contribution in [0.2, 0.25) is 40.2 Å². The summed E-state index contributed by atoms with van der Waals surface area (Å²) in [5.41, 5.74) is 4.31. The van der Waals surface area contributed by atoms with Crippen molar-refractivity contribution < 1.29 is 10.2 Å². The highest BCUT2D eigenvalue weighted by Crippen LogP contribution is 2.51. The zero-order valence-corrected chi connectivity index (χ0v) is 33.8. The van der Waals surface area contributed by atoms with E-state index in [4.69, 9.17) is 92.8 Å². The van der Waals surface area contributed by atoms with E-state index in [1.54, 1.807) is 48.5 Å². The zero-order chi connectivity index (χ0) is 38.4. The Morgan fingerprint density at radius 2 is 0.426 bits per heavy atom. The van der Waals surface area contributed by atoms with Gasteiger partial charge < -0.3 is 10.2 Å². The van der Waals surface area contributed by atoms with Gasteiger partial charge in [0.15, 0.2) is 0 Å². The summed E-state index contributed by atoms with van der Waals surface area (Å²) in [5.74, 6) is 0.210. The minimum Gasteiger partial charge on any atom is -0.508 e. The first kappa shape index (κ1) is 38.7. The molecule has 0 aliphatic heterocycles. The fraction of sp³-hybridized carbons (Fsp3) is 0.0455. The van der Waals surface area contributed by atoms with Gasteiger partial charge in [-0.15, -0.1) is 0 Å². The maximum absolute atomic E-state index is 10.4. The fourth-order valence-electron chi connectivity index (χ4n) is 7.31. The number of rotatable bonds is 8. The van der Waals surface area contributed by atoms with Crippen molar-refractivity contribution in [3.8, 4) is 11.5 Å². The first-order chi connectivity index (χ1) is 25.8. The van der Waals surface area contributed by atoms with Gasteiger partial charge in [-0.25, -0.2) is 0 Å². The van der Waals surface area contributed by atoms with Crippen LogP contribution >= 0.6 is 92.8 Å². The molecular formula is C44H26Cl8O2. The molecule has 0 saturated heterocycles. The SMILES string of the molecule is Oc1ccc(C(c2ccc(C(c3ccc(O)cc3)(c3ccc(Cl)c(Cl)c3)c3ccc(Cl)c(Cl)c3)cc2)(c2ccc(Cl)c(Cl)c2)c2ccc(Cl)c(Cl)c2)cc1. The van der Waals surface area contributed by atoms with Gasteiger partial charge in [-0.1, -0.05) is 166 Å². The summed E-state index contributed by atoms with van der Waals surface area (Å²) in [7, 11) is 0. The molecule has 0 saturated carbocycles. The van der Waals surface area contributed by atoms with Crippen molar-refractivity contribution in [3.05, 3.63) is 230 Å². The Balaban J connectivity index is 1.59. The smallest absolute Gasteiger partial charge is 0.115 e. The number of phenols is 2. The number of halogens is 8. The van der Waals surface area contributed by atoms with Crippen LogP contribution in [-0.4, -0.2) is 10.2 Å². The normalized spacial score (nSPS) is 11.9. The maximum Gasteiger partial charge on any atom is 0.115 e. The molecule has 0 aliphatic rings. The first-order valence-electron chi connectivity index (χ1n) is 16.4. The van der Waals surface area contributed by atoms with E-state index in [2.05, 4.69) is 0 Å². The van der Waals surface area contributed by atoms with Crippen LogP contribution in [0.3, 0.4) is 0 Å². The molecule has 2 nitrogen and oxygen atoms in total. The molecule has 54 heavy (non-hydrogen) atoms. The van der Waals surface area contributed by atoms with E-state index in [0.29, 0.717) is 40.2 Å². The van der Waals surface area contributed by atoms with E-state index in [0.717, 1.165) is 44.5 Å². The van der Waals surface area contributed by atoms with E-state index >= 15 is 0 Å². The summed E-state index contributed by atoms with van der Waals surface area (Å²) >= 11 is 52.8. The van der Waals surface area contributed by atoms with Crippen molar-refractivity contribution in [2.24, 2.45) is 0 Å². The second-order valence-electron chi connectivity index (χ2n) is 12.7. The van der Waals surface area contributed by atoms with Crippen LogP contribution in [0.4, 0.5) is 0 Å². The second-order valence-corrected chi connectivity index (χ2v) is 15.9. The minimum absolute atomic E-state index is 0.105. The Kier molecular flexibility index (Phi) is 11.1. The molecule has 0 unspecified atom stereocenters. The molecule has 0 radical (unpaired) electrons. The summed E-state index contributed by atoms with van der Waals surface area (Å²) in [4.78, 5) is 0. The minimum atomic E-state index is -1.05. The van der Waals surface area contributed by atoms with Crippen molar-refractivity contribution in [1.29, 1.82) is 0 Å². The van der Waals surface area contributed by atoms with Crippen LogP contribution < -0.4 is 0 Å². The van der Waals surface area contributed by atoms with Gasteiger partial charge in [-0.2, -0.15) is 0 Å². The topological polar surface area (TPSA) is 40.5 Å². The van der Waals surface area contributed by atoms with Crippen molar-refractivity contribution >= 4 is 92.8 Å². The van der Waals surface area contributed by atoms with Crippen molar-refractivity contribution in [1.82, 2.24) is 0 Å². The molecule has 0 aliphatic carbocycles. The van der Waals surface area contributed by atoms with Crippen LogP contribution in [0.25, 0.3) is 0 Å². The lowest BCUT2D eigenvalue weighted by Gasteiger charge is -2.39. The summed E-state index contributed by atoms with van der Waals surface area (Å²) in [6, 6.07) is 44.2. The van der Waals surface area contributed by atoms with E-state index in [1.807, 2.05) is 97.1 Å². The number of benzene rings is 7. The Morgan fingerprint density at radius 3 is 0.630 bits per heavy atom. The number of hydrogen-bond acceptors (Lipinski definition) is 2. The van der Waals surface area contributed by atoms with E-state index in [9.17, 15) is 10.2 Å². The van der Waals surface area contributed by atoms with Crippen molar-refractivity contribution in [2.75, 3.05) is 0 Å². The number of aromatic hydroxyl groups is 2. The van der Waals surface area contributed by atoms with Crippen LogP contribution in [0, 0.1) is 0 Å². The molecule has 0 heterocycles. The van der Waals surface area contributed by atoms with Gasteiger partial charge in [0.1, 0.15) is 11.5 Å². The molecule has 7 rings (SSSR count). The van der Waals surface area contributed by atoms with E-state index in [1.165, 1.54) is 0 Å². The van der Waals surface area contributed by atoms with Crippen LogP contribution in [0.1, 0.15) is 44.5 Å². The molecule has 10 heteroatoms. The van der Waals surface area contributed by atoms with Gasteiger partial charge >= 0.3 is 0 Å². The van der Waals surface area contributed by atoms with Gasteiger partial charge in [0, 0.05) is 0 Å². The third-order valence-electron chi connectivity index (χ3n) is 9.76. The third kappa shape index (κ3) is 6.83. The highest BCUT2D eigenvalue weighted by molar-refractivity contribution is 6.43. The highest BCUT2D eigenvalue weighted by atomic mass is 35.5. The Hall–Kier alpha value is -3.54.